The van der Waals surface area contributed by atoms with Crippen molar-refractivity contribution in [2.45, 2.75) is 5.92 Å². The van der Waals surface area contributed by atoms with Gasteiger partial charge >= 0.3 is 0 Å². The maximum Gasteiger partial charge on any atom is 0.273 e. The molecule has 35 heavy (non-hydrogen) atoms. The molecule has 14 nitrogen and oxygen atoms in total. The van der Waals surface area contributed by atoms with E-state index in [0.29, 0.717) is 11.3 Å². The van der Waals surface area contributed by atoms with Crippen LogP contribution in [0.3, 0.4) is 0 Å². The number of quaternary nitrogens is 2. The van der Waals surface area contributed by atoms with E-state index in [2.05, 4.69) is 20.5 Å². The van der Waals surface area contributed by atoms with Gasteiger partial charge in [-0.3, -0.25) is 4.79 Å². The van der Waals surface area contributed by atoms with Crippen molar-refractivity contribution in [2.75, 3.05) is 5.32 Å². The number of nitrogens with zero attached hydrogens (tertiary/aromatic N) is 4. The number of anilines is 1. The lowest BCUT2D eigenvalue weighted by atomic mass is 10.0. The Morgan fingerprint density at radius 2 is 1.80 bits per heavy atom. The van der Waals surface area contributed by atoms with Gasteiger partial charge in [0.05, 0.1) is 11.8 Å². The third-order valence-electron chi connectivity index (χ3n) is 4.51. The number of hydrogen-bond donors (Lipinski definition) is 7. The summed E-state index contributed by atoms with van der Waals surface area (Å²) in [6, 6.07) is 13.6. The van der Waals surface area contributed by atoms with E-state index in [4.69, 9.17) is 16.7 Å². The summed E-state index contributed by atoms with van der Waals surface area (Å²) in [6.45, 7) is 0. The first-order valence-electron chi connectivity index (χ1n) is 9.70. The average molecular weight is 497 g/mol. The van der Waals surface area contributed by atoms with Crippen LogP contribution < -0.4 is 27.2 Å². The number of rotatable bonds is 8. The fraction of sp³-hybridized carbons (Fsp3) is 0.0500. The van der Waals surface area contributed by atoms with Crippen LogP contribution in [0.5, 0.6) is 0 Å². The molecule has 1 amide bonds. The second-order valence-corrected chi connectivity index (χ2v) is 7.72. The van der Waals surface area contributed by atoms with Crippen LogP contribution in [0.1, 0.15) is 10.9 Å². The number of aromatic nitrogens is 1. The topological polar surface area (TPSA) is 238 Å². The fourth-order valence-corrected chi connectivity index (χ4v) is 3.75. The van der Waals surface area contributed by atoms with Crippen LogP contribution >= 0.6 is 11.3 Å². The number of carbonyl (C=O) groups is 1. The predicted molar refractivity (Wildman–Crippen MR) is 126 cm³/mol. The number of para-hydroxylation sites is 2. The fourth-order valence-electron chi connectivity index (χ4n) is 2.88. The molecule has 3 aromatic rings. The van der Waals surface area contributed by atoms with E-state index >= 15 is 0 Å². The number of thiazole rings is 1. The molecule has 3 rings (SSSR count). The van der Waals surface area contributed by atoms with Gasteiger partial charge in [-0.05, 0) is 18.2 Å². The first-order valence-corrected chi connectivity index (χ1v) is 10.6. The third-order valence-corrected chi connectivity index (χ3v) is 5.42. The van der Waals surface area contributed by atoms with E-state index in [9.17, 15) is 25.7 Å². The molecule has 2 aromatic carbocycles. The molecule has 9 N–H and O–H groups in total. The second kappa shape index (κ2) is 11.2. The summed E-state index contributed by atoms with van der Waals surface area (Å²) in [7, 11) is 0. The number of guanidine groups is 1. The summed E-state index contributed by atoms with van der Waals surface area (Å²) < 4.78 is 0. The van der Waals surface area contributed by atoms with Crippen LogP contribution in [0.15, 0.2) is 64.1 Å². The van der Waals surface area contributed by atoms with Crippen molar-refractivity contribution >= 4 is 46.0 Å². The maximum absolute atomic E-state index is 13.0. The summed E-state index contributed by atoms with van der Waals surface area (Å²) in [5, 5.41) is 59.9. The molecule has 1 heterocycles. The molecule has 0 aliphatic heterocycles. The molecule has 15 heteroatoms. The molecule has 1 aromatic heterocycles. The van der Waals surface area contributed by atoms with Gasteiger partial charge in [0.1, 0.15) is 16.6 Å². The van der Waals surface area contributed by atoms with Gasteiger partial charge in [0.25, 0.3) is 5.91 Å². The van der Waals surface area contributed by atoms with E-state index in [1.807, 2.05) is 6.07 Å². The predicted octanol–water partition coefficient (Wildman–Crippen LogP) is -0.508. The zero-order chi connectivity index (χ0) is 25.5. The summed E-state index contributed by atoms with van der Waals surface area (Å²) in [5.41, 5.74) is 11.2. The normalized spacial score (nSPS) is 13.9. The van der Waals surface area contributed by atoms with Crippen LogP contribution in [-0.2, 0) is 4.79 Å². The van der Waals surface area contributed by atoms with Crippen molar-refractivity contribution in [2.24, 2.45) is 21.7 Å². The van der Waals surface area contributed by atoms with Gasteiger partial charge < -0.3 is 27.2 Å². The molecule has 0 spiro atoms. The molecule has 0 radical (unpaired) electrons. The monoisotopic (exact) mass is 497 g/mol. The maximum atomic E-state index is 13.0. The highest BCUT2D eigenvalue weighted by atomic mass is 32.1. The Hall–Kier alpha value is -4.27. The summed E-state index contributed by atoms with van der Waals surface area (Å²) in [5.74, 6) is -2.67. The zero-order valence-corrected chi connectivity index (χ0v) is 18.6. The number of carbonyl (C=O) groups excluding carboxylic acids is 1. The molecular formula is C20H19N9O5S. The number of benzene rings is 2. The van der Waals surface area contributed by atoms with Gasteiger partial charge in [-0.2, -0.15) is 15.7 Å². The third kappa shape index (κ3) is 6.20. The lowest BCUT2D eigenvalue weighted by Crippen LogP contribution is -2.99. The van der Waals surface area contributed by atoms with Crippen molar-refractivity contribution in [1.29, 1.82) is 5.26 Å². The lowest BCUT2D eigenvalue weighted by molar-refractivity contribution is -0.991. The van der Waals surface area contributed by atoms with Gasteiger partial charge in [-0.1, -0.05) is 12.1 Å². The highest BCUT2D eigenvalue weighted by molar-refractivity contribution is 7.10. The van der Waals surface area contributed by atoms with Crippen LogP contribution in [0, 0.1) is 21.7 Å². The molecule has 0 bridgehead atoms. The van der Waals surface area contributed by atoms with Crippen molar-refractivity contribution in [3.05, 3.63) is 69.3 Å². The quantitative estimate of drug-likeness (QED) is 0.120. The van der Waals surface area contributed by atoms with Crippen LogP contribution in [-0.4, -0.2) is 33.0 Å². The Morgan fingerprint density at radius 3 is 2.40 bits per heavy atom. The van der Waals surface area contributed by atoms with E-state index in [0.717, 1.165) is 11.3 Å². The van der Waals surface area contributed by atoms with E-state index < -0.39 is 33.9 Å². The Morgan fingerprint density at radius 1 is 1.11 bits per heavy atom. The van der Waals surface area contributed by atoms with Gasteiger partial charge in [-0.25, -0.2) is 15.4 Å². The Labute approximate surface area is 201 Å². The highest BCUT2D eigenvalue weighted by Gasteiger charge is 2.29. The minimum Gasteiger partial charge on any atom is -0.595 e. The van der Waals surface area contributed by atoms with Crippen LogP contribution in [0.2, 0.25) is 0 Å². The standard InChI is InChI=1S/C20H19N9O5S/c21-9-13(19-25-15(10-35-19)11-5-7-12(8-6-11)28(31)32)17(26-27-20(22)23)18(30)24-14-3-1-2-4-16(14)29(33)34/h1-8,10,13,28-29,31,33H,(H,24,30)(H4,22,23,27)/b26-17+. The molecule has 0 aliphatic carbocycles. The molecule has 0 aliphatic rings. The van der Waals surface area contributed by atoms with E-state index in [1.165, 1.54) is 36.4 Å². The van der Waals surface area contributed by atoms with E-state index in [-0.39, 0.29) is 22.1 Å². The number of nitriles is 1. The lowest BCUT2D eigenvalue weighted by Gasteiger charge is -2.16. The zero-order valence-electron chi connectivity index (χ0n) is 17.7. The van der Waals surface area contributed by atoms with E-state index in [1.54, 1.807) is 17.5 Å². The minimum absolute atomic E-state index is 0.0163. The van der Waals surface area contributed by atoms with Crippen molar-refractivity contribution < 1.29 is 25.7 Å². The van der Waals surface area contributed by atoms with Gasteiger partial charge in [0.15, 0.2) is 17.1 Å². The molecule has 0 saturated heterocycles. The molecule has 0 fully saturated rings. The Balaban J connectivity index is 1.95. The molecule has 3 unspecified atom stereocenters. The van der Waals surface area contributed by atoms with Gasteiger partial charge in [0.2, 0.25) is 5.96 Å². The van der Waals surface area contributed by atoms with Crippen molar-refractivity contribution in [3.8, 4) is 17.3 Å². The summed E-state index contributed by atoms with van der Waals surface area (Å²) >= 11 is 1.07. The summed E-state index contributed by atoms with van der Waals surface area (Å²) in [4.78, 5) is 17.4. The number of hydrogen-bond acceptors (Lipinski definition) is 10. The smallest absolute Gasteiger partial charge is 0.273 e. The first kappa shape index (κ1) is 25.4. The summed E-state index contributed by atoms with van der Waals surface area (Å²) in [6.07, 6.45) is 0. The first-order chi connectivity index (χ1) is 16.7. The molecule has 180 valence electrons. The molecule has 0 saturated carbocycles. The van der Waals surface area contributed by atoms with Crippen LogP contribution in [0.4, 0.5) is 17.1 Å². The Kier molecular flexibility index (Phi) is 8.14. The second-order valence-electron chi connectivity index (χ2n) is 6.83. The molecule has 3 atom stereocenters. The number of amides is 1. The SMILES string of the molecule is N#CC(/C(=N\N=C(N)N)C(=O)Nc1ccccc1[NH+]([O-])O)c1nc(-c2ccc([NH+]([O-])O)cc2)cs1. The van der Waals surface area contributed by atoms with Crippen molar-refractivity contribution in [3.63, 3.8) is 0 Å². The van der Waals surface area contributed by atoms with Crippen LogP contribution in [0.25, 0.3) is 11.3 Å². The Bertz CT molecular complexity index is 1290. The highest BCUT2D eigenvalue weighted by Crippen LogP contribution is 2.28. The minimum atomic E-state index is -1.30. The molecular weight excluding hydrogens is 478 g/mol. The van der Waals surface area contributed by atoms with Gasteiger partial charge in [-0.15, -0.1) is 21.5 Å². The average Bonchev–Trinajstić information content (AvgIpc) is 3.31. The number of nitrogens with one attached hydrogen (secondary N) is 3. The van der Waals surface area contributed by atoms with Gasteiger partial charge in [0, 0.05) is 29.1 Å². The largest absolute Gasteiger partial charge is 0.595 e. The number of nitrogens with two attached hydrogens (primary N) is 2. The van der Waals surface area contributed by atoms with Crippen molar-refractivity contribution in [1.82, 2.24) is 4.98 Å².